The van der Waals surface area contributed by atoms with E-state index in [1.807, 2.05) is 33.8 Å². The first-order valence-corrected chi connectivity index (χ1v) is 6.81. The first kappa shape index (κ1) is 15.5. The lowest BCUT2D eigenvalue weighted by Crippen LogP contribution is -2.14. The van der Waals surface area contributed by atoms with Gasteiger partial charge >= 0.3 is 5.97 Å². The van der Waals surface area contributed by atoms with Crippen LogP contribution in [-0.2, 0) is 9.53 Å². The Morgan fingerprint density at radius 2 is 1.94 bits per heavy atom. The van der Waals surface area contributed by atoms with Gasteiger partial charge in [-0.2, -0.15) is 0 Å². The van der Waals surface area contributed by atoms with Crippen molar-refractivity contribution in [1.82, 2.24) is 4.31 Å². The zero-order chi connectivity index (χ0) is 12.4. The van der Waals surface area contributed by atoms with Crippen LogP contribution in [0, 0.1) is 0 Å². The Morgan fingerprint density at radius 3 is 2.38 bits per heavy atom. The Morgan fingerprint density at radius 1 is 1.38 bits per heavy atom. The van der Waals surface area contributed by atoms with Gasteiger partial charge in [0.1, 0.15) is 4.91 Å². The lowest BCUT2D eigenvalue weighted by molar-refractivity contribution is -0.137. The molecule has 0 spiro atoms. The van der Waals surface area contributed by atoms with Crippen molar-refractivity contribution in [3.05, 3.63) is 11.0 Å². The summed E-state index contributed by atoms with van der Waals surface area (Å²) in [4.78, 5) is 12.1. The summed E-state index contributed by atoms with van der Waals surface area (Å²) in [5, 5.41) is 0. The molecule has 1 rings (SSSR count). The quantitative estimate of drug-likeness (QED) is 0.432. The maximum atomic E-state index is 11.4. The Balaban J connectivity index is 0.00000106. The van der Waals surface area contributed by atoms with Crippen LogP contribution in [0.25, 0.3) is 0 Å². The highest BCUT2D eigenvalue weighted by atomic mass is 32.2. The van der Waals surface area contributed by atoms with Crippen LogP contribution in [0.5, 0.6) is 0 Å². The Bertz CT molecular complexity index is 223. The SMILES string of the molecule is C/C=C(/SN1CCCC1)C(=O)OCC.CC. The molecular weight excluding hydrogens is 222 g/mol. The predicted octanol–water partition coefficient (Wildman–Crippen LogP) is 3.22. The number of carbonyl (C=O) groups is 1. The fraction of sp³-hybridized carbons (Fsp3) is 0.750. The van der Waals surface area contributed by atoms with E-state index in [0.717, 1.165) is 13.1 Å². The second kappa shape index (κ2) is 9.73. The van der Waals surface area contributed by atoms with Crippen LogP contribution in [0.4, 0.5) is 0 Å². The van der Waals surface area contributed by atoms with Gasteiger partial charge in [-0.25, -0.2) is 9.10 Å². The number of allylic oxidation sites excluding steroid dienone is 1. The highest BCUT2D eigenvalue weighted by Crippen LogP contribution is 2.26. The van der Waals surface area contributed by atoms with Gasteiger partial charge in [-0.15, -0.1) is 0 Å². The van der Waals surface area contributed by atoms with E-state index in [1.165, 1.54) is 24.8 Å². The minimum absolute atomic E-state index is 0.202. The topological polar surface area (TPSA) is 29.5 Å². The van der Waals surface area contributed by atoms with Crippen molar-refractivity contribution < 1.29 is 9.53 Å². The minimum Gasteiger partial charge on any atom is -0.462 e. The van der Waals surface area contributed by atoms with Gasteiger partial charge in [-0.3, -0.25) is 0 Å². The number of esters is 1. The van der Waals surface area contributed by atoms with Crippen molar-refractivity contribution in [2.24, 2.45) is 0 Å². The molecule has 0 aromatic heterocycles. The smallest absolute Gasteiger partial charge is 0.345 e. The largest absolute Gasteiger partial charge is 0.462 e. The summed E-state index contributed by atoms with van der Waals surface area (Å²) in [5.74, 6) is -0.202. The van der Waals surface area contributed by atoms with Crippen molar-refractivity contribution in [3.63, 3.8) is 0 Å². The molecule has 3 nitrogen and oxygen atoms in total. The molecule has 0 N–H and O–H groups in total. The Hall–Kier alpha value is -0.480. The fourth-order valence-electron chi connectivity index (χ4n) is 1.33. The molecule has 0 amide bonds. The molecule has 4 heteroatoms. The first-order valence-electron chi connectivity index (χ1n) is 6.04. The van der Waals surface area contributed by atoms with Gasteiger partial charge in [0.2, 0.25) is 0 Å². The van der Waals surface area contributed by atoms with Gasteiger partial charge in [0.25, 0.3) is 0 Å². The number of hydrogen-bond acceptors (Lipinski definition) is 4. The van der Waals surface area contributed by atoms with E-state index in [4.69, 9.17) is 4.74 Å². The molecule has 1 fully saturated rings. The second-order valence-corrected chi connectivity index (χ2v) is 4.24. The van der Waals surface area contributed by atoms with Gasteiger partial charge in [0.05, 0.1) is 6.61 Å². The van der Waals surface area contributed by atoms with E-state index >= 15 is 0 Å². The summed E-state index contributed by atoms with van der Waals surface area (Å²) < 4.78 is 7.17. The van der Waals surface area contributed by atoms with Crippen LogP contribution >= 0.6 is 11.9 Å². The maximum absolute atomic E-state index is 11.4. The standard InChI is InChI=1S/C10H17NO2S.C2H6/c1-3-9(10(12)13-4-2)14-11-7-5-6-8-11;1-2/h3H,4-8H2,1-2H3;1-2H3/b9-3+;. The lowest BCUT2D eigenvalue weighted by atomic mass is 10.4. The van der Waals surface area contributed by atoms with Gasteiger partial charge in [-0.05, 0) is 38.6 Å². The predicted molar refractivity (Wildman–Crippen MR) is 70.1 cm³/mol. The van der Waals surface area contributed by atoms with Gasteiger partial charge in [0, 0.05) is 13.1 Å². The van der Waals surface area contributed by atoms with Crippen LogP contribution in [0.2, 0.25) is 0 Å². The van der Waals surface area contributed by atoms with Gasteiger partial charge in [0.15, 0.2) is 0 Å². The molecule has 0 atom stereocenters. The maximum Gasteiger partial charge on any atom is 0.345 e. The Labute approximate surface area is 103 Å². The third kappa shape index (κ3) is 5.56. The summed E-state index contributed by atoms with van der Waals surface area (Å²) >= 11 is 1.52. The number of carbonyl (C=O) groups excluding carboxylic acids is 1. The zero-order valence-corrected chi connectivity index (χ0v) is 11.6. The van der Waals surface area contributed by atoms with Crippen LogP contribution in [0.3, 0.4) is 0 Å². The van der Waals surface area contributed by atoms with Crippen molar-refractivity contribution >= 4 is 17.9 Å². The second-order valence-electron chi connectivity index (χ2n) is 3.10. The highest BCUT2D eigenvalue weighted by molar-refractivity contribution is 8.01. The average molecular weight is 245 g/mol. The number of ether oxygens (including phenoxy) is 1. The van der Waals surface area contributed by atoms with Crippen molar-refractivity contribution in [2.75, 3.05) is 19.7 Å². The molecule has 1 aliphatic rings. The summed E-state index contributed by atoms with van der Waals surface area (Å²) in [6.45, 7) is 10.3. The monoisotopic (exact) mass is 245 g/mol. The van der Waals surface area contributed by atoms with E-state index < -0.39 is 0 Å². The van der Waals surface area contributed by atoms with E-state index in [1.54, 1.807) is 0 Å². The van der Waals surface area contributed by atoms with Crippen LogP contribution in [0.1, 0.15) is 40.5 Å². The normalized spacial score (nSPS) is 16.6. The number of rotatable bonds is 4. The van der Waals surface area contributed by atoms with Gasteiger partial charge < -0.3 is 4.74 Å². The average Bonchev–Trinajstić information content (AvgIpc) is 2.81. The van der Waals surface area contributed by atoms with Crippen LogP contribution in [0.15, 0.2) is 11.0 Å². The molecule has 0 aromatic rings. The van der Waals surface area contributed by atoms with E-state index in [9.17, 15) is 4.79 Å². The first-order chi connectivity index (χ1) is 7.77. The molecule has 0 aromatic carbocycles. The molecule has 0 bridgehead atoms. The highest BCUT2D eigenvalue weighted by Gasteiger charge is 2.18. The molecule has 94 valence electrons. The molecule has 1 heterocycles. The van der Waals surface area contributed by atoms with E-state index in [2.05, 4.69) is 4.31 Å². The summed E-state index contributed by atoms with van der Waals surface area (Å²) in [6, 6.07) is 0. The summed E-state index contributed by atoms with van der Waals surface area (Å²) in [7, 11) is 0. The molecule has 1 aliphatic heterocycles. The van der Waals surface area contributed by atoms with E-state index in [-0.39, 0.29) is 5.97 Å². The van der Waals surface area contributed by atoms with Crippen molar-refractivity contribution in [3.8, 4) is 0 Å². The van der Waals surface area contributed by atoms with Crippen LogP contribution < -0.4 is 0 Å². The minimum atomic E-state index is -0.202. The van der Waals surface area contributed by atoms with Crippen molar-refractivity contribution in [1.29, 1.82) is 0 Å². The number of hydrogen-bond donors (Lipinski definition) is 0. The fourth-order valence-corrected chi connectivity index (χ4v) is 2.29. The molecule has 0 aliphatic carbocycles. The molecule has 16 heavy (non-hydrogen) atoms. The summed E-state index contributed by atoms with van der Waals surface area (Å²) in [5.41, 5.74) is 0. The lowest BCUT2D eigenvalue weighted by Gasteiger charge is -2.14. The molecule has 0 saturated carbocycles. The summed E-state index contributed by atoms with van der Waals surface area (Å²) in [6.07, 6.45) is 4.28. The molecule has 0 radical (unpaired) electrons. The third-order valence-corrected chi connectivity index (χ3v) is 3.25. The zero-order valence-electron chi connectivity index (χ0n) is 10.8. The molecular formula is C12H23NO2S. The van der Waals surface area contributed by atoms with Gasteiger partial charge in [-0.1, -0.05) is 19.9 Å². The number of nitrogens with zero attached hydrogens (tertiary/aromatic N) is 1. The Kier molecular flexibility index (Phi) is 9.43. The third-order valence-electron chi connectivity index (χ3n) is 2.03. The van der Waals surface area contributed by atoms with E-state index in [0.29, 0.717) is 11.5 Å². The molecule has 0 unspecified atom stereocenters. The molecule has 1 saturated heterocycles. The van der Waals surface area contributed by atoms with Crippen molar-refractivity contribution in [2.45, 2.75) is 40.5 Å². The van der Waals surface area contributed by atoms with Crippen LogP contribution in [-0.4, -0.2) is 30.0 Å².